The Balaban J connectivity index is 0.00000208. The van der Waals surface area contributed by atoms with Crippen LogP contribution in [0.3, 0.4) is 0 Å². The molecular weight excluding hydrogens is 326 g/mol. The minimum Gasteiger partial charge on any atom is -0.444 e. The van der Waals surface area contributed by atoms with Gasteiger partial charge in [0.25, 0.3) is 0 Å². The summed E-state index contributed by atoms with van der Waals surface area (Å²) in [6.45, 7) is 4.46. The Kier molecular flexibility index (Phi) is 6.80. The average Bonchev–Trinajstić information content (AvgIpc) is 3.04. The molecule has 1 aliphatic rings. The van der Waals surface area contributed by atoms with Crippen molar-refractivity contribution in [3.05, 3.63) is 41.8 Å². The van der Waals surface area contributed by atoms with Crippen LogP contribution in [-0.2, 0) is 11.3 Å². The van der Waals surface area contributed by atoms with Crippen LogP contribution in [0.15, 0.2) is 34.9 Å². The molecule has 2 unspecified atom stereocenters. The monoisotopic (exact) mass is 351 g/mol. The van der Waals surface area contributed by atoms with Crippen molar-refractivity contribution >= 4 is 12.4 Å². The van der Waals surface area contributed by atoms with Crippen molar-refractivity contribution in [2.75, 3.05) is 20.2 Å². The van der Waals surface area contributed by atoms with Crippen molar-refractivity contribution in [3.63, 3.8) is 0 Å². The lowest BCUT2D eigenvalue weighted by Gasteiger charge is -2.37. The van der Waals surface area contributed by atoms with Crippen molar-refractivity contribution in [3.8, 4) is 11.5 Å². The van der Waals surface area contributed by atoms with Crippen LogP contribution in [0.1, 0.15) is 24.1 Å². The molecule has 24 heavy (non-hydrogen) atoms. The first-order valence-corrected chi connectivity index (χ1v) is 8.18. The lowest BCUT2D eigenvalue weighted by Crippen LogP contribution is -2.48. The number of methoxy groups -OCH3 is 1. The highest BCUT2D eigenvalue weighted by molar-refractivity contribution is 5.85. The Morgan fingerprint density at radius 3 is 2.75 bits per heavy atom. The van der Waals surface area contributed by atoms with Crippen molar-refractivity contribution in [2.45, 2.75) is 38.5 Å². The van der Waals surface area contributed by atoms with Crippen molar-refractivity contribution in [1.29, 1.82) is 0 Å². The summed E-state index contributed by atoms with van der Waals surface area (Å²) >= 11 is 0. The van der Waals surface area contributed by atoms with Crippen molar-refractivity contribution in [1.82, 2.24) is 9.88 Å². The largest absolute Gasteiger partial charge is 0.444 e. The maximum atomic E-state index is 5.93. The summed E-state index contributed by atoms with van der Waals surface area (Å²) in [6, 6.07) is 8.56. The second-order valence-corrected chi connectivity index (χ2v) is 6.25. The average molecular weight is 352 g/mol. The van der Waals surface area contributed by atoms with E-state index in [0.717, 1.165) is 37.2 Å². The molecule has 6 heteroatoms. The first-order valence-electron chi connectivity index (χ1n) is 8.18. The summed E-state index contributed by atoms with van der Waals surface area (Å²) in [6.07, 6.45) is 4.09. The number of piperidine rings is 1. The number of nitrogens with zero attached hydrogens (tertiary/aromatic N) is 2. The molecular formula is C18H26ClN3O2. The number of oxazole rings is 1. The maximum Gasteiger partial charge on any atom is 0.226 e. The first-order chi connectivity index (χ1) is 11.2. The molecule has 2 atom stereocenters. The van der Waals surface area contributed by atoms with Gasteiger partial charge < -0.3 is 14.9 Å². The van der Waals surface area contributed by atoms with E-state index in [9.17, 15) is 0 Å². The van der Waals surface area contributed by atoms with Gasteiger partial charge in [-0.2, -0.15) is 0 Å². The molecule has 0 aliphatic carbocycles. The molecule has 0 amide bonds. The van der Waals surface area contributed by atoms with Crippen LogP contribution in [0, 0.1) is 6.92 Å². The fourth-order valence-electron chi connectivity index (χ4n) is 3.15. The number of hydrogen-bond acceptors (Lipinski definition) is 5. The summed E-state index contributed by atoms with van der Waals surface area (Å²) in [5, 5.41) is 0. The molecule has 2 N–H and O–H groups in total. The van der Waals surface area contributed by atoms with E-state index < -0.39 is 0 Å². The molecule has 1 aromatic heterocycles. The Bertz CT molecular complexity index is 629. The molecule has 2 aromatic rings. The van der Waals surface area contributed by atoms with Crippen molar-refractivity contribution in [2.24, 2.45) is 5.73 Å². The van der Waals surface area contributed by atoms with E-state index >= 15 is 0 Å². The first kappa shape index (κ1) is 18.9. The number of benzene rings is 1. The fourth-order valence-corrected chi connectivity index (χ4v) is 3.15. The third-order valence-corrected chi connectivity index (χ3v) is 4.61. The van der Waals surface area contributed by atoms with Gasteiger partial charge in [0, 0.05) is 38.3 Å². The fraction of sp³-hybridized carbons (Fsp3) is 0.500. The lowest BCUT2D eigenvalue weighted by atomic mass is 9.99. The maximum absolute atomic E-state index is 5.93. The van der Waals surface area contributed by atoms with E-state index in [1.807, 2.05) is 12.1 Å². The zero-order chi connectivity index (χ0) is 16.2. The molecule has 0 bridgehead atoms. The molecule has 3 rings (SSSR count). The van der Waals surface area contributed by atoms with Crippen LogP contribution in [-0.4, -0.2) is 42.2 Å². The summed E-state index contributed by atoms with van der Waals surface area (Å²) in [5.41, 5.74) is 9.13. The summed E-state index contributed by atoms with van der Waals surface area (Å²) in [4.78, 5) is 7.01. The second-order valence-electron chi connectivity index (χ2n) is 6.25. The van der Waals surface area contributed by atoms with E-state index in [4.69, 9.17) is 14.9 Å². The van der Waals surface area contributed by atoms with E-state index in [1.54, 1.807) is 13.4 Å². The third kappa shape index (κ3) is 4.36. The second kappa shape index (κ2) is 8.62. The third-order valence-electron chi connectivity index (χ3n) is 4.61. The summed E-state index contributed by atoms with van der Waals surface area (Å²) in [7, 11) is 1.78. The molecule has 0 spiro atoms. The predicted molar refractivity (Wildman–Crippen MR) is 97.2 cm³/mol. The van der Waals surface area contributed by atoms with Gasteiger partial charge in [0.2, 0.25) is 5.89 Å². The molecule has 5 nitrogen and oxygen atoms in total. The topological polar surface area (TPSA) is 64.5 Å². The highest BCUT2D eigenvalue weighted by Crippen LogP contribution is 2.23. The van der Waals surface area contributed by atoms with Gasteiger partial charge in [-0.05, 0) is 31.9 Å². The molecule has 1 aromatic carbocycles. The number of ether oxygens (including phenoxy) is 1. The number of likely N-dealkylation sites (tertiary alicyclic amines) is 1. The van der Waals surface area contributed by atoms with E-state index in [-0.39, 0.29) is 12.4 Å². The van der Waals surface area contributed by atoms with Gasteiger partial charge in [-0.15, -0.1) is 12.4 Å². The Morgan fingerprint density at radius 2 is 2.08 bits per heavy atom. The standard InChI is InChI=1S/C18H25N3O2.ClH/c1-13-3-5-14(6-4-13)18-20-15(12-23-18)11-21-8-7-17(22-2)9-16(21)10-19;/h3-6,12,16-17H,7-11,19H2,1-2H3;1H. The lowest BCUT2D eigenvalue weighted by molar-refractivity contribution is 0.00978. The van der Waals surface area contributed by atoms with Gasteiger partial charge in [0.15, 0.2) is 0 Å². The quantitative estimate of drug-likeness (QED) is 0.897. The number of rotatable bonds is 5. The Morgan fingerprint density at radius 1 is 1.33 bits per heavy atom. The molecule has 0 radical (unpaired) electrons. The van der Waals surface area contributed by atoms with Crippen LogP contribution in [0.2, 0.25) is 0 Å². The summed E-state index contributed by atoms with van der Waals surface area (Å²) in [5.74, 6) is 0.677. The van der Waals surface area contributed by atoms with Crippen LogP contribution >= 0.6 is 12.4 Å². The number of nitrogens with two attached hydrogens (primary N) is 1. The highest BCUT2D eigenvalue weighted by atomic mass is 35.5. The Labute approximate surface area is 149 Å². The molecule has 0 saturated carbocycles. The van der Waals surface area contributed by atoms with Crippen LogP contribution in [0.4, 0.5) is 0 Å². The number of aryl methyl sites for hydroxylation is 1. The van der Waals surface area contributed by atoms with E-state index in [1.165, 1.54) is 5.56 Å². The molecule has 1 fully saturated rings. The number of aromatic nitrogens is 1. The van der Waals surface area contributed by atoms with Gasteiger partial charge in [-0.3, -0.25) is 4.90 Å². The number of halogens is 1. The van der Waals surface area contributed by atoms with Crippen LogP contribution in [0.25, 0.3) is 11.5 Å². The zero-order valence-electron chi connectivity index (χ0n) is 14.3. The molecule has 1 saturated heterocycles. The van der Waals surface area contributed by atoms with Crippen molar-refractivity contribution < 1.29 is 9.15 Å². The Hall–Kier alpha value is -1.40. The summed E-state index contributed by atoms with van der Waals surface area (Å²) < 4.78 is 11.1. The number of hydrogen-bond donors (Lipinski definition) is 1. The van der Waals surface area contributed by atoms with Crippen LogP contribution in [0.5, 0.6) is 0 Å². The van der Waals surface area contributed by atoms with Gasteiger partial charge in [0.05, 0.1) is 11.8 Å². The van der Waals surface area contributed by atoms with Gasteiger partial charge in [0.1, 0.15) is 6.26 Å². The van der Waals surface area contributed by atoms with Crippen LogP contribution < -0.4 is 5.73 Å². The normalized spacial score (nSPS) is 21.5. The van der Waals surface area contributed by atoms with Gasteiger partial charge in [-0.1, -0.05) is 17.7 Å². The smallest absolute Gasteiger partial charge is 0.226 e. The van der Waals surface area contributed by atoms with E-state index in [0.29, 0.717) is 24.6 Å². The van der Waals surface area contributed by atoms with Gasteiger partial charge >= 0.3 is 0 Å². The minimum absolute atomic E-state index is 0. The van der Waals surface area contributed by atoms with Gasteiger partial charge in [-0.25, -0.2) is 4.98 Å². The SMILES string of the molecule is COC1CCN(Cc2coc(-c3ccc(C)cc3)n2)C(CN)C1.Cl. The molecule has 1 aliphatic heterocycles. The van der Waals surface area contributed by atoms with E-state index in [2.05, 4.69) is 28.9 Å². The minimum atomic E-state index is 0. The highest BCUT2D eigenvalue weighted by Gasteiger charge is 2.28. The molecule has 132 valence electrons. The zero-order valence-corrected chi connectivity index (χ0v) is 15.1. The predicted octanol–water partition coefficient (Wildman–Crippen LogP) is 3.01. The molecule has 2 heterocycles.